The highest BCUT2D eigenvalue weighted by atomic mass is 32.2. The Bertz CT molecular complexity index is 448. The molecule has 1 N–H and O–H groups in total. The van der Waals surface area contributed by atoms with Gasteiger partial charge in [0.15, 0.2) is 9.84 Å². The van der Waals surface area contributed by atoms with E-state index >= 15 is 0 Å². The highest BCUT2D eigenvalue weighted by molar-refractivity contribution is 7.90. The van der Waals surface area contributed by atoms with E-state index in [1.807, 2.05) is 18.2 Å². The number of aliphatic hydroxyl groups is 1. The summed E-state index contributed by atoms with van der Waals surface area (Å²) < 4.78 is 22.6. The molecule has 0 atom stereocenters. The van der Waals surface area contributed by atoms with E-state index < -0.39 is 9.84 Å². The van der Waals surface area contributed by atoms with Crippen LogP contribution in [0.3, 0.4) is 0 Å². The van der Waals surface area contributed by atoms with Gasteiger partial charge in [0.25, 0.3) is 0 Å². The number of aliphatic hydroxyl groups excluding tert-OH is 1. The van der Waals surface area contributed by atoms with E-state index in [1.165, 1.54) is 0 Å². The van der Waals surface area contributed by atoms with Crippen LogP contribution in [0.25, 0.3) is 0 Å². The van der Waals surface area contributed by atoms with Crippen molar-refractivity contribution in [1.29, 1.82) is 0 Å². The Balaban J connectivity index is 2.35. The lowest BCUT2D eigenvalue weighted by Crippen LogP contribution is -1.95. The number of benzene rings is 1. The molecular formula is C10H12O3S. The smallest absolute Gasteiger partial charge is 0.158 e. The molecule has 1 aliphatic rings. The maximum absolute atomic E-state index is 11.3. The summed E-state index contributed by atoms with van der Waals surface area (Å²) in [6, 6.07) is 5.62. The van der Waals surface area contributed by atoms with E-state index in [9.17, 15) is 8.42 Å². The van der Waals surface area contributed by atoms with E-state index in [-0.39, 0.29) is 18.1 Å². The van der Waals surface area contributed by atoms with Gasteiger partial charge >= 0.3 is 0 Å². The van der Waals surface area contributed by atoms with Crippen LogP contribution in [0.1, 0.15) is 16.7 Å². The summed E-state index contributed by atoms with van der Waals surface area (Å²) >= 11 is 0. The minimum absolute atomic E-state index is 0.103. The molecule has 0 spiro atoms. The van der Waals surface area contributed by atoms with Crippen LogP contribution in [0.5, 0.6) is 0 Å². The first kappa shape index (κ1) is 9.68. The SMILES string of the molecule is O=S1(=O)Cc2ccc(CCO)cc2C1. The van der Waals surface area contributed by atoms with Crippen LogP contribution in [-0.2, 0) is 27.8 Å². The van der Waals surface area contributed by atoms with Crippen LogP contribution >= 0.6 is 0 Å². The monoisotopic (exact) mass is 212 g/mol. The summed E-state index contributed by atoms with van der Waals surface area (Å²) in [4.78, 5) is 0. The Morgan fingerprint density at radius 3 is 2.64 bits per heavy atom. The van der Waals surface area contributed by atoms with Crippen LogP contribution in [0.2, 0.25) is 0 Å². The molecule has 0 unspecified atom stereocenters. The normalized spacial score (nSPS) is 18.1. The van der Waals surface area contributed by atoms with Crippen molar-refractivity contribution in [2.45, 2.75) is 17.9 Å². The maximum Gasteiger partial charge on any atom is 0.158 e. The second-order valence-electron chi connectivity index (χ2n) is 3.61. The summed E-state index contributed by atoms with van der Waals surface area (Å²) in [6.45, 7) is 0.103. The molecule has 0 radical (unpaired) electrons. The van der Waals surface area contributed by atoms with Crippen molar-refractivity contribution >= 4 is 9.84 Å². The predicted octanol–water partition coefficient (Wildman–Crippen LogP) is 0.650. The molecule has 3 nitrogen and oxygen atoms in total. The molecular weight excluding hydrogens is 200 g/mol. The van der Waals surface area contributed by atoms with Crippen molar-refractivity contribution < 1.29 is 13.5 Å². The molecule has 1 aromatic carbocycles. The molecule has 0 bridgehead atoms. The Labute approximate surface area is 83.3 Å². The van der Waals surface area contributed by atoms with Gasteiger partial charge in [0.1, 0.15) is 0 Å². The Kier molecular flexibility index (Phi) is 2.33. The van der Waals surface area contributed by atoms with Crippen molar-refractivity contribution in [3.63, 3.8) is 0 Å². The first-order valence-corrected chi connectivity index (χ1v) is 6.35. The molecule has 1 aliphatic heterocycles. The molecule has 0 aliphatic carbocycles. The number of hydrogen-bond acceptors (Lipinski definition) is 3. The Hall–Kier alpha value is -0.870. The van der Waals surface area contributed by atoms with Crippen molar-refractivity contribution in [3.05, 3.63) is 34.9 Å². The van der Waals surface area contributed by atoms with Gasteiger partial charge in [0, 0.05) is 6.61 Å². The van der Waals surface area contributed by atoms with Crippen LogP contribution < -0.4 is 0 Å². The minimum atomic E-state index is -2.90. The van der Waals surface area contributed by atoms with E-state index in [1.54, 1.807) is 0 Å². The molecule has 4 heteroatoms. The molecule has 0 aromatic heterocycles. The summed E-state index contributed by atoms with van der Waals surface area (Å²) in [5.74, 6) is 0.323. The van der Waals surface area contributed by atoms with E-state index in [0.717, 1.165) is 16.7 Å². The van der Waals surface area contributed by atoms with Crippen LogP contribution in [0.15, 0.2) is 18.2 Å². The fourth-order valence-corrected chi connectivity index (χ4v) is 3.36. The van der Waals surface area contributed by atoms with Gasteiger partial charge in [0.05, 0.1) is 11.5 Å². The molecule has 1 heterocycles. The summed E-state index contributed by atoms with van der Waals surface area (Å²) in [5.41, 5.74) is 2.81. The molecule has 0 saturated heterocycles. The third-order valence-electron chi connectivity index (χ3n) is 2.42. The quantitative estimate of drug-likeness (QED) is 0.783. The number of sulfone groups is 1. The zero-order chi connectivity index (χ0) is 10.2. The van der Waals surface area contributed by atoms with Gasteiger partial charge < -0.3 is 5.11 Å². The molecule has 14 heavy (non-hydrogen) atoms. The number of rotatable bonds is 2. The zero-order valence-corrected chi connectivity index (χ0v) is 8.55. The van der Waals surface area contributed by atoms with E-state index in [2.05, 4.69) is 0 Å². The molecule has 0 amide bonds. The van der Waals surface area contributed by atoms with Crippen molar-refractivity contribution in [2.75, 3.05) is 6.61 Å². The standard InChI is InChI=1S/C10H12O3S/c11-4-3-8-1-2-9-6-14(12,13)7-10(9)5-8/h1-2,5,11H,3-4,6-7H2. The van der Waals surface area contributed by atoms with Crippen molar-refractivity contribution in [3.8, 4) is 0 Å². The van der Waals surface area contributed by atoms with Crippen LogP contribution in [0, 0.1) is 0 Å². The van der Waals surface area contributed by atoms with Crippen LogP contribution in [0.4, 0.5) is 0 Å². The van der Waals surface area contributed by atoms with E-state index in [4.69, 9.17) is 5.11 Å². The summed E-state index contributed by atoms with van der Waals surface area (Å²) in [6.07, 6.45) is 0.591. The lowest BCUT2D eigenvalue weighted by molar-refractivity contribution is 0.299. The highest BCUT2D eigenvalue weighted by Gasteiger charge is 2.24. The molecule has 0 fully saturated rings. The lowest BCUT2D eigenvalue weighted by Gasteiger charge is -2.01. The second-order valence-corrected chi connectivity index (χ2v) is 5.67. The van der Waals surface area contributed by atoms with E-state index in [0.29, 0.717) is 6.42 Å². The lowest BCUT2D eigenvalue weighted by atomic mass is 10.0. The third kappa shape index (κ3) is 1.81. The highest BCUT2D eigenvalue weighted by Crippen LogP contribution is 2.25. The van der Waals surface area contributed by atoms with Crippen molar-refractivity contribution in [1.82, 2.24) is 0 Å². The molecule has 2 rings (SSSR count). The second kappa shape index (κ2) is 3.37. The third-order valence-corrected chi connectivity index (χ3v) is 3.92. The predicted molar refractivity (Wildman–Crippen MR) is 53.6 cm³/mol. The Morgan fingerprint density at radius 1 is 1.21 bits per heavy atom. The van der Waals surface area contributed by atoms with Gasteiger partial charge in [-0.05, 0) is 23.1 Å². The minimum Gasteiger partial charge on any atom is -0.396 e. The van der Waals surface area contributed by atoms with Crippen LogP contribution in [-0.4, -0.2) is 20.1 Å². The topological polar surface area (TPSA) is 54.4 Å². The summed E-state index contributed by atoms with van der Waals surface area (Å²) in [5, 5.41) is 8.75. The van der Waals surface area contributed by atoms with Gasteiger partial charge in [-0.25, -0.2) is 8.42 Å². The largest absolute Gasteiger partial charge is 0.396 e. The molecule has 0 saturated carbocycles. The van der Waals surface area contributed by atoms with Gasteiger partial charge in [-0.15, -0.1) is 0 Å². The average molecular weight is 212 g/mol. The summed E-state index contributed by atoms with van der Waals surface area (Å²) in [7, 11) is -2.90. The fourth-order valence-electron chi connectivity index (χ4n) is 1.76. The first-order valence-electron chi connectivity index (χ1n) is 4.53. The van der Waals surface area contributed by atoms with Gasteiger partial charge in [0.2, 0.25) is 0 Å². The average Bonchev–Trinajstić information content (AvgIpc) is 2.38. The van der Waals surface area contributed by atoms with Gasteiger partial charge in [-0.2, -0.15) is 0 Å². The molecule has 1 aromatic rings. The first-order chi connectivity index (χ1) is 6.61. The zero-order valence-electron chi connectivity index (χ0n) is 7.73. The molecule has 76 valence electrons. The Morgan fingerprint density at radius 2 is 1.93 bits per heavy atom. The van der Waals surface area contributed by atoms with Gasteiger partial charge in [-0.1, -0.05) is 18.2 Å². The number of hydrogen-bond donors (Lipinski definition) is 1. The maximum atomic E-state index is 11.3. The number of fused-ring (bicyclic) bond motifs is 1. The fraction of sp³-hybridized carbons (Fsp3) is 0.400. The van der Waals surface area contributed by atoms with Crippen molar-refractivity contribution in [2.24, 2.45) is 0 Å². The van der Waals surface area contributed by atoms with Gasteiger partial charge in [-0.3, -0.25) is 0 Å².